The van der Waals surface area contributed by atoms with Crippen LogP contribution in [0.5, 0.6) is 11.5 Å². The molecule has 20 heavy (non-hydrogen) atoms. The molecule has 0 aliphatic carbocycles. The Morgan fingerprint density at radius 3 is 2.05 bits per heavy atom. The molecule has 114 valence electrons. The summed E-state index contributed by atoms with van der Waals surface area (Å²) >= 11 is 6.55. The maximum atomic E-state index is 6.55. The van der Waals surface area contributed by atoms with Crippen LogP contribution in [-0.2, 0) is 0 Å². The Morgan fingerprint density at radius 2 is 1.55 bits per heavy atom. The zero-order chi connectivity index (χ0) is 15.2. The van der Waals surface area contributed by atoms with Gasteiger partial charge in [0.25, 0.3) is 0 Å². The molecule has 0 saturated heterocycles. The third kappa shape index (κ3) is 4.90. The number of halogens is 1. The van der Waals surface area contributed by atoms with Gasteiger partial charge in [-0.1, -0.05) is 40.7 Å². The summed E-state index contributed by atoms with van der Waals surface area (Å²) in [5, 5.41) is -0.0494. The molecular formula is C17H27ClO2. The first-order valence-corrected chi connectivity index (χ1v) is 7.87. The highest BCUT2D eigenvalue weighted by molar-refractivity contribution is 6.21. The molecule has 1 aromatic carbocycles. The molecule has 0 bridgehead atoms. The van der Waals surface area contributed by atoms with Crippen molar-refractivity contribution in [2.75, 3.05) is 13.2 Å². The number of alkyl halides is 1. The third-order valence-electron chi connectivity index (χ3n) is 2.94. The molecule has 0 aliphatic heterocycles. The van der Waals surface area contributed by atoms with Crippen LogP contribution in [0.15, 0.2) is 18.2 Å². The minimum atomic E-state index is -0.0494. The van der Waals surface area contributed by atoms with E-state index < -0.39 is 0 Å². The molecule has 0 amide bonds. The fourth-order valence-electron chi connectivity index (χ4n) is 1.84. The van der Waals surface area contributed by atoms with Crippen LogP contribution in [0.1, 0.15) is 58.4 Å². The Hall–Kier alpha value is -0.890. The van der Waals surface area contributed by atoms with Crippen LogP contribution >= 0.6 is 11.6 Å². The van der Waals surface area contributed by atoms with Crippen LogP contribution in [0, 0.1) is 5.41 Å². The average Bonchev–Trinajstić information content (AvgIpc) is 2.41. The molecule has 1 unspecified atom stereocenters. The predicted molar refractivity (Wildman–Crippen MR) is 86.1 cm³/mol. The molecule has 2 nitrogen and oxygen atoms in total. The molecule has 0 aliphatic rings. The summed E-state index contributed by atoms with van der Waals surface area (Å²) in [5.41, 5.74) is 1.09. The van der Waals surface area contributed by atoms with E-state index in [2.05, 4.69) is 34.6 Å². The first kappa shape index (κ1) is 17.2. The first-order chi connectivity index (χ1) is 9.40. The van der Waals surface area contributed by atoms with Gasteiger partial charge in [-0.05, 0) is 36.0 Å². The maximum absolute atomic E-state index is 6.55. The summed E-state index contributed by atoms with van der Waals surface area (Å²) in [6.07, 6.45) is 1.95. The van der Waals surface area contributed by atoms with Crippen LogP contribution < -0.4 is 9.47 Å². The van der Waals surface area contributed by atoms with Gasteiger partial charge in [0.15, 0.2) is 11.5 Å². The smallest absolute Gasteiger partial charge is 0.161 e. The Morgan fingerprint density at radius 1 is 1.00 bits per heavy atom. The van der Waals surface area contributed by atoms with Gasteiger partial charge in [0.05, 0.1) is 18.6 Å². The van der Waals surface area contributed by atoms with Crippen molar-refractivity contribution in [1.82, 2.24) is 0 Å². The molecule has 0 radical (unpaired) electrons. The van der Waals surface area contributed by atoms with Crippen molar-refractivity contribution in [3.05, 3.63) is 23.8 Å². The molecule has 3 heteroatoms. The molecule has 0 saturated carbocycles. The lowest BCUT2D eigenvalue weighted by molar-refractivity contribution is 0.267. The lowest BCUT2D eigenvalue weighted by Gasteiger charge is -2.26. The van der Waals surface area contributed by atoms with Crippen LogP contribution in [0.2, 0.25) is 0 Å². The molecular weight excluding hydrogens is 272 g/mol. The normalized spacial score (nSPS) is 13.1. The van der Waals surface area contributed by atoms with Gasteiger partial charge in [-0.3, -0.25) is 0 Å². The van der Waals surface area contributed by atoms with E-state index in [9.17, 15) is 0 Å². The highest BCUT2D eigenvalue weighted by Gasteiger charge is 2.25. The fourth-order valence-corrected chi connectivity index (χ4v) is 1.97. The first-order valence-electron chi connectivity index (χ1n) is 7.43. The van der Waals surface area contributed by atoms with Crippen molar-refractivity contribution in [3.8, 4) is 11.5 Å². The number of rotatable bonds is 7. The largest absolute Gasteiger partial charge is 0.490 e. The molecule has 0 fully saturated rings. The van der Waals surface area contributed by atoms with E-state index in [4.69, 9.17) is 21.1 Å². The van der Waals surface area contributed by atoms with Crippen molar-refractivity contribution < 1.29 is 9.47 Å². The topological polar surface area (TPSA) is 18.5 Å². The van der Waals surface area contributed by atoms with Crippen LogP contribution in [0.3, 0.4) is 0 Å². The van der Waals surface area contributed by atoms with Crippen LogP contribution in [-0.4, -0.2) is 13.2 Å². The van der Waals surface area contributed by atoms with E-state index in [-0.39, 0.29) is 10.8 Å². The summed E-state index contributed by atoms with van der Waals surface area (Å²) in [6.45, 7) is 12.0. The van der Waals surface area contributed by atoms with Gasteiger partial charge < -0.3 is 9.47 Å². The molecule has 0 heterocycles. The van der Waals surface area contributed by atoms with Gasteiger partial charge in [-0.2, -0.15) is 0 Å². The number of ether oxygens (including phenoxy) is 2. The van der Waals surface area contributed by atoms with Crippen molar-refractivity contribution >= 4 is 11.6 Å². The van der Waals surface area contributed by atoms with Crippen molar-refractivity contribution in [2.45, 2.75) is 52.8 Å². The second kappa shape index (κ2) is 7.78. The third-order valence-corrected chi connectivity index (χ3v) is 3.85. The van der Waals surface area contributed by atoms with Gasteiger partial charge in [0, 0.05) is 0 Å². The van der Waals surface area contributed by atoms with E-state index in [0.717, 1.165) is 29.9 Å². The summed E-state index contributed by atoms with van der Waals surface area (Å²) in [5.74, 6) is 1.61. The second-order valence-electron chi connectivity index (χ2n) is 6.13. The standard InChI is InChI=1S/C17H27ClO2/c1-6-10-19-14-9-8-13(16(18)17(3,4)5)12-15(14)20-11-7-2/h8-9,12,16H,6-7,10-11H2,1-5H3. The van der Waals surface area contributed by atoms with Crippen LogP contribution in [0.4, 0.5) is 0 Å². The highest BCUT2D eigenvalue weighted by atomic mass is 35.5. The second-order valence-corrected chi connectivity index (χ2v) is 6.57. The van der Waals surface area contributed by atoms with Crippen molar-refractivity contribution in [3.63, 3.8) is 0 Å². The van der Waals surface area contributed by atoms with Gasteiger partial charge in [-0.25, -0.2) is 0 Å². The van der Waals surface area contributed by atoms with E-state index >= 15 is 0 Å². The molecule has 1 rings (SSSR count). The highest BCUT2D eigenvalue weighted by Crippen LogP contribution is 2.41. The summed E-state index contributed by atoms with van der Waals surface area (Å²) in [6, 6.07) is 6.02. The van der Waals surface area contributed by atoms with E-state index in [1.807, 2.05) is 18.2 Å². The molecule has 1 aromatic rings. The predicted octanol–water partition coefficient (Wildman–Crippen LogP) is 5.59. The average molecular weight is 299 g/mol. The Kier molecular flexibility index (Phi) is 6.67. The lowest BCUT2D eigenvalue weighted by atomic mass is 9.87. The van der Waals surface area contributed by atoms with Gasteiger partial charge in [-0.15, -0.1) is 11.6 Å². The fraction of sp³-hybridized carbons (Fsp3) is 0.647. The summed E-state index contributed by atoms with van der Waals surface area (Å²) in [4.78, 5) is 0. The Labute approximate surface area is 128 Å². The monoisotopic (exact) mass is 298 g/mol. The van der Waals surface area contributed by atoms with Crippen molar-refractivity contribution in [2.24, 2.45) is 5.41 Å². The number of benzene rings is 1. The zero-order valence-electron chi connectivity index (χ0n) is 13.3. The molecule has 0 aromatic heterocycles. The van der Waals surface area contributed by atoms with Gasteiger partial charge in [0.1, 0.15) is 0 Å². The minimum Gasteiger partial charge on any atom is -0.490 e. The maximum Gasteiger partial charge on any atom is 0.161 e. The van der Waals surface area contributed by atoms with Crippen molar-refractivity contribution in [1.29, 1.82) is 0 Å². The number of hydrogen-bond donors (Lipinski definition) is 0. The minimum absolute atomic E-state index is 0.00930. The number of hydrogen-bond acceptors (Lipinski definition) is 2. The molecule has 1 atom stereocenters. The zero-order valence-corrected chi connectivity index (χ0v) is 14.1. The summed E-state index contributed by atoms with van der Waals surface area (Å²) in [7, 11) is 0. The molecule has 0 spiro atoms. The van der Waals surface area contributed by atoms with E-state index in [1.165, 1.54) is 0 Å². The van der Waals surface area contributed by atoms with Gasteiger partial charge in [0.2, 0.25) is 0 Å². The molecule has 0 N–H and O–H groups in total. The Bertz CT molecular complexity index is 410. The lowest BCUT2D eigenvalue weighted by Crippen LogP contribution is -2.13. The summed E-state index contributed by atoms with van der Waals surface area (Å²) < 4.78 is 11.5. The van der Waals surface area contributed by atoms with E-state index in [0.29, 0.717) is 13.2 Å². The van der Waals surface area contributed by atoms with Gasteiger partial charge >= 0.3 is 0 Å². The van der Waals surface area contributed by atoms with E-state index in [1.54, 1.807) is 0 Å². The quantitative estimate of drug-likeness (QED) is 0.611. The SMILES string of the molecule is CCCOc1ccc(C(Cl)C(C)(C)C)cc1OCCC. The Balaban J connectivity index is 3.00. The van der Waals surface area contributed by atoms with Crippen LogP contribution in [0.25, 0.3) is 0 Å².